The molecule has 0 atom stereocenters. The molecule has 41 heavy (non-hydrogen) atoms. The summed E-state index contributed by atoms with van der Waals surface area (Å²) in [7, 11) is 0. The summed E-state index contributed by atoms with van der Waals surface area (Å²) in [6, 6.07) is 15.4. The number of nitrogen functional groups attached to an aromatic ring is 1. The van der Waals surface area contributed by atoms with Crippen LogP contribution in [0.15, 0.2) is 53.4 Å². The molecule has 2 aromatic carbocycles. The lowest BCUT2D eigenvalue weighted by Gasteiger charge is -2.35. The van der Waals surface area contributed by atoms with E-state index < -0.39 is 0 Å². The molecule has 2 aromatic heterocycles. The first-order chi connectivity index (χ1) is 20.1. The molecule has 9 nitrogen and oxygen atoms in total. The van der Waals surface area contributed by atoms with Gasteiger partial charge in [0, 0.05) is 41.5 Å². The minimum absolute atomic E-state index is 0.180. The van der Waals surface area contributed by atoms with E-state index in [1.807, 2.05) is 42.1 Å². The lowest BCUT2D eigenvalue weighted by Crippen LogP contribution is -2.38. The third-order valence-corrected chi connectivity index (χ3v) is 9.43. The number of likely N-dealkylation sites (tertiary alicyclic amines) is 1. The van der Waals surface area contributed by atoms with Crippen molar-refractivity contribution in [2.45, 2.75) is 37.0 Å². The van der Waals surface area contributed by atoms with Crippen LogP contribution >= 0.6 is 11.8 Å². The molecular weight excluding hydrogens is 537 g/mol. The minimum atomic E-state index is -0.254. The Morgan fingerprint density at radius 3 is 2.66 bits per heavy atom. The fourth-order valence-corrected chi connectivity index (χ4v) is 7.24. The summed E-state index contributed by atoms with van der Waals surface area (Å²) in [5, 5.41) is 16.6. The zero-order valence-electron chi connectivity index (χ0n) is 23.0. The van der Waals surface area contributed by atoms with Gasteiger partial charge in [-0.25, -0.2) is 4.39 Å². The molecule has 0 aliphatic carbocycles. The number of hydrogen-bond acceptors (Lipinski definition) is 9. The fourth-order valence-electron chi connectivity index (χ4n) is 6.20. The maximum absolute atomic E-state index is 15.2. The molecule has 0 amide bonds. The van der Waals surface area contributed by atoms with Gasteiger partial charge in [0.2, 0.25) is 11.9 Å². The lowest BCUT2D eigenvalue weighted by atomic mass is 9.96. The van der Waals surface area contributed by atoms with Crippen LogP contribution in [0.4, 0.5) is 27.7 Å². The number of aromatic nitrogens is 5. The maximum Gasteiger partial charge on any atom is 0.248 e. The van der Waals surface area contributed by atoms with E-state index in [-0.39, 0.29) is 17.7 Å². The monoisotopic (exact) mass is 571 g/mol. The summed E-state index contributed by atoms with van der Waals surface area (Å²) in [5.41, 5.74) is 10.5. The van der Waals surface area contributed by atoms with Crippen molar-refractivity contribution in [3.05, 3.63) is 59.9 Å². The molecule has 212 valence electrons. The largest absolute Gasteiger partial charge is 0.369 e. The van der Waals surface area contributed by atoms with Gasteiger partial charge in [0.25, 0.3) is 0 Å². The van der Waals surface area contributed by atoms with Crippen LogP contribution in [0.3, 0.4) is 0 Å². The van der Waals surface area contributed by atoms with Gasteiger partial charge in [-0.15, -0.1) is 27.1 Å². The zero-order valence-corrected chi connectivity index (χ0v) is 23.8. The van der Waals surface area contributed by atoms with Gasteiger partial charge < -0.3 is 20.9 Å². The molecule has 0 saturated carbocycles. The molecule has 3 N–H and O–H groups in total. The Morgan fingerprint density at radius 1 is 1.00 bits per heavy atom. The SMILES string of the molecule is Nc1nc(Nc2ccc(N3CCC(CN4CCCC4)CC3)c(F)c2)nn1-c1cc2c(nn1)-c1ccccc1SCC2. The van der Waals surface area contributed by atoms with Crippen molar-refractivity contribution in [3.63, 3.8) is 0 Å². The lowest BCUT2D eigenvalue weighted by molar-refractivity contribution is 0.249. The number of halogens is 1. The highest BCUT2D eigenvalue weighted by molar-refractivity contribution is 7.99. The summed E-state index contributed by atoms with van der Waals surface area (Å²) in [6.07, 6.45) is 5.72. The number of aryl methyl sites for hydroxylation is 1. The van der Waals surface area contributed by atoms with Crippen LogP contribution in [-0.2, 0) is 6.42 Å². The number of rotatable bonds is 6. The molecular formula is C30H34FN9S. The quantitative estimate of drug-likeness (QED) is 0.325. The Labute approximate surface area is 243 Å². The number of hydrogen-bond donors (Lipinski definition) is 2. The van der Waals surface area contributed by atoms with Crippen LogP contribution in [0, 0.1) is 11.7 Å². The molecule has 0 unspecified atom stereocenters. The molecule has 7 rings (SSSR count). The average Bonchev–Trinajstić information content (AvgIpc) is 3.58. The van der Waals surface area contributed by atoms with E-state index >= 15 is 4.39 Å². The molecule has 0 spiro atoms. The van der Waals surface area contributed by atoms with Crippen molar-refractivity contribution in [2.24, 2.45) is 5.92 Å². The number of anilines is 4. The van der Waals surface area contributed by atoms with Crippen molar-refractivity contribution in [3.8, 4) is 17.1 Å². The molecule has 4 aromatic rings. The molecule has 2 fully saturated rings. The van der Waals surface area contributed by atoms with E-state index in [1.54, 1.807) is 0 Å². The highest BCUT2D eigenvalue weighted by atomic mass is 32.2. The van der Waals surface area contributed by atoms with Crippen molar-refractivity contribution in [1.82, 2.24) is 29.9 Å². The van der Waals surface area contributed by atoms with Gasteiger partial charge in [0.1, 0.15) is 5.82 Å². The van der Waals surface area contributed by atoms with E-state index in [2.05, 4.69) is 47.5 Å². The topological polar surface area (TPSA) is 101 Å². The van der Waals surface area contributed by atoms with Crippen molar-refractivity contribution < 1.29 is 4.39 Å². The number of fused-ring (bicyclic) bond motifs is 3. The highest BCUT2D eigenvalue weighted by Gasteiger charge is 2.25. The summed E-state index contributed by atoms with van der Waals surface area (Å²) >= 11 is 1.82. The number of nitrogens with one attached hydrogen (secondary N) is 1. The van der Waals surface area contributed by atoms with E-state index in [4.69, 9.17) is 5.73 Å². The van der Waals surface area contributed by atoms with Gasteiger partial charge in [-0.05, 0) is 87.0 Å². The second kappa shape index (κ2) is 11.3. The predicted octanol–water partition coefficient (Wildman–Crippen LogP) is 5.15. The minimum Gasteiger partial charge on any atom is -0.369 e. The highest BCUT2D eigenvalue weighted by Crippen LogP contribution is 2.36. The number of benzene rings is 2. The van der Waals surface area contributed by atoms with Gasteiger partial charge >= 0.3 is 0 Å². The molecule has 2 saturated heterocycles. The van der Waals surface area contributed by atoms with Crippen LogP contribution in [0.25, 0.3) is 17.1 Å². The normalized spacial score (nSPS) is 17.7. The Kier molecular flexibility index (Phi) is 7.22. The number of piperidine rings is 1. The van der Waals surface area contributed by atoms with Crippen LogP contribution in [0.1, 0.15) is 31.2 Å². The standard InChI is InChI=1S/C30H34FN9S/c31-24-18-22(7-8-25(24)39-14-9-20(10-15-39)19-38-12-3-4-13-38)33-30-34-29(32)40(37-30)27-17-21-11-16-41-26-6-2-1-5-23(26)28(21)36-35-27/h1-2,5-8,17-18,20H,3-4,9-16,19H2,(H3,32,33,34,37). The Balaban J connectivity index is 1.03. The van der Waals surface area contributed by atoms with Gasteiger partial charge in [-0.1, -0.05) is 18.2 Å². The van der Waals surface area contributed by atoms with Gasteiger partial charge in [-0.2, -0.15) is 9.67 Å². The molecule has 5 heterocycles. The molecule has 0 radical (unpaired) electrons. The van der Waals surface area contributed by atoms with Gasteiger partial charge in [0.15, 0.2) is 5.82 Å². The van der Waals surface area contributed by atoms with Crippen LogP contribution in [0.2, 0.25) is 0 Å². The smallest absolute Gasteiger partial charge is 0.248 e. The predicted molar refractivity (Wildman–Crippen MR) is 162 cm³/mol. The fraction of sp³-hybridized carbons (Fsp3) is 0.400. The second-order valence-electron chi connectivity index (χ2n) is 11.1. The van der Waals surface area contributed by atoms with E-state index in [9.17, 15) is 0 Å². The Morgan fingerprint density at radius 2 is 1.83 bits per heavy atom. The second-order valence-corrected chi connectivity index (χ2v) is 12.2. The summed E-state index contributed by atoms with van der Waals surface area (Å²) in [4.78, 5) is 10.3. The number of thioether (sulfide) groups is 1. The first-order valence-electron chi connectivity index (χ1n) is 14.5. The molecule has 0 bridgehead atoms. The third-order valence-electron chi connectivity index (χ3n) is 8.35. The van der Waals surface area contributed by atoms with Crippen LogP contribution < -0.4 is 16.0 Å². The van der Waals surface area contributed by atoms with E-state index in [1.165, 1.54) is 48.1 Å². The summed E-state index contributed by atoms with van der Waals surface area (Å²) in [5.74, 6) is 2.36. The van der Waals surface area contributed by atoms with Crippen LogP contribution in [-0.4, -0.2) is 68.3 Å². The first-order valence-corrected chi connectivity index (χ1v) is 15.4. The van der Waals surface area contributed by atoms with Gasteiger partial charge in [0.05, 0.1) is 11.4 Å². The Hall–Kier alpha value is -3.70. The van der Waals surface area contributed by atoms with Crippen molar-refractivity contribution >= 4 is 35.0 Å². The molecule has 11 heteroatoms. The molecule has 3 aliphatic rings. The average molecular weight is 572 g/mol. The van der Waals surface area contributed by atoms with Gasteiger partial charge in [-0.3, -0.25) is 0 Å². The van der Waals surface area contributed by atoms with Crippen molar-refractivity contribution in [2.75, 3.05) is 54.4 Å². The first kappa shape index (κ1) is 26.2. The number of nitrogens with zero attached hydrogens (tertiary/aromatic N) is 7. The zero-order chi connectivity index (χ0) is 27.8. The number of nitrogens with two attached hydrogens (primary N) is 1. The maximum atomic E-state index is 15.2. The molecule has 3 aliphatic heterocycles. The third kappa shape index (κ3) is 5.48. The van der Waals surface area contributed by atoms with Crippen molar-refractivity contribution in [1.29, 1.82) is 0 Å². The summed E-state index contributed by atoms with van der Waals surface area (Å²) < 4.78 is 16.7. The van der Waals surface area contributed by atoms with E-state index in [0.29, 0.717) is 23.1 Å². The van der Waals surface area contributed by atoms with E-state index in [0.717, 1.165) is 54.9 Å². The summed E-state index contributed by atoms with van der Waals surface area (Å²) in [6.45, 7) is 5.42. The Bertz CT molecular complexity index is 1540. The van der Waals surface area contributed by atoms with Crippen LogP contribution in [0.5, 0.6) is 0 Å².